The average Bonchev–Trinajstić information content (AvgIpc) is 2.15. The number of anilines is 1. The number of nitrogens with two attached hydrogens (primary N) is 1. The second-order valence-electron chi connectivity index (χ2n) is 4.14. The number of aliphatic hydroxyl groups is 1. The van der Waals surface area contributed by atoms with Crippen LogP contribution in [0.25, 0.3) is 0 Å². The van der Waals surface area contributed by atoms with Gasteiger partial charge in [0.25, 0.3) is 0 Å². The number of halogens is 1. The van der Waals surface area contributed by atoms with Crippen molar-refractivity contribution < 1.29 is 14.3 Å². The topological polar surface area (TPSA) is 75.3 Å². The van der Waals surface area contributed by atoms with E-state index < -0.39 is 11.9 Å². The average molecular weight is 240 g/mol. The van der Waals surface area contributed by atoms with Crippen molar-refractivity contribution >= 4 is 11.6 Å². The van der Waals surface area contributed by atoms with Crippen LogP contribution in [0.4, 0.5) is 10.1 Å². The SMILES string of the molecule is CC(=O)Nc1cc(F)ccc1C(O)CC(C)N. The summed E-state index contributed by atoms with van der Waals surface area (Å²) in [6.45, 7) is 3.09. The van der Waals surface area contributed by atoms with E-state index in [2.05, 4.69) is 5.32 Å². The smallest absolute Gasteiger partial charge is 0.221 e. The maximum atomic E-state index is 13.1. The number of hydrogen-bond acceptors (Lipinski definition) is 3. The van der Waals surface area contributed by atoms with Crippen LogP contribution in [0, 0.1) is 5.82 Å². The molecule has 0 spiro atoms. The van der Waals surface area contributed by atoms with E-state index >= 15 is 0 Å². The lowest BCUT2D eigenvalue weighted by atomic mass is 10.0. The van der Waals surface area contributed by atoms with E-state index in [1.807, 2.05) is 0 Å². The second kappa shape index (κ2) is 5.75. The highest BCUT2D eigenvalue weighted by atomic mass is 19.1. The van der Waals surface area contributed by atoms with Crippen LogP contribution in [-0.2, 0) is 4.79 Å². The van der Waals surface area contributed by atoms with Crippen molar-refractivity contribution in [1.29, 1.82) is 0 Å². The Morgan fingerprint density at radius 3 is 2.76 bits per heavy atom. The van der Waals surface area contributed by atoms with Crippen molar-refractivity contribution in [2.75, 3.05) is 5.32 Å². The van der Waals surface area contributed by atoms with E-state index in [1.165, 1.54) is 25.1 Å². The highest BCUT2D eigenvalue weighted by molar-refractivity contribution is 5.89. The van der Waals surface area contributed by atoms with Gasteiger partial charge in [-0.15, -0.1) is 0 Å². The van der Waals surface area contributed by atoms with E-state index in [4.69, 9.17) is 5.73 Å². The molecule has 1 amide bonds. The molecule has 17 heavy (non-hydrogen) atoms. The van der Waals surface area contributed by atoms with Crippen molar-refractivity contribution in [2.45, 2.75) is 32.4 Å². The molecule has 1 aromatic carbocycles. The van der Waals surface area contributed by atoms with E-state index in [0.717, 1.165) is 0 Å². The van der Waals surface area contributed by atoms with Crippen molar-refractivity contribution in [3.63, 3.8) is 0 Å². The van der Waals surface area contributed by atoms with Gasteiger partial charge in [-0.2, -0.15) is 0 Å². The number of hydrogen-bond donors (Lipinski definition) is 3. The Labute approximate surface area is 99.6 Å². The summed E-state index contributed by atoms with van der Waals surface area (Å²) < 4.78 is 13.1. The van der Waals surface area contributed by atoms with Gasteiger partial charge in [-0.05, 0) is 25.5 Å². The van der Waals surface area contributed by atoms with Crippen LogP contribution >= 0.6 is 0 Å². The van der Waals surface area contributed by atoms with Gasteiger partial charge in [0.1, 0.15) is 5.82 Å². The molecule has 0 aromatic heterocycles. The molecule has 0 aliphatic heterocycles. The Bertz CT molecular complexity index is 407. The largest absolute Gasteiger partial charge is 0.388 e. The van der Waals surface area contributed by atoms with Gasteiger partial charge in [-0.1, -0.05) is 6.07 Å². The Balaban J connectivity index is 3.00. The lowest BCUT2D eigenvalue weighted by molar-refractivity contribution is -0.114. The summed E-state index contributed by atoms with van der Waals surface area (Å²) in [5, 5.41) is 12.4. The Hall–Kier alpha value is -1.46. The summed E-state index contributed by atoms with van der Waals surface area (Å²) in [6.07, 6.45) is -0.476. The molecule has 0 aliphatic carbocycles. The first-order valence-corrected chi connectivity index (χ1v) is 5.41. The molecule has 0 saturated carbocycles. The maximum Gasteiger partial charge on any atom is 0.221 e. The fourth-order valence-electron chi connectivity index (χ4n) is 1.60. The number of nitrogens with one attached hydrogen (secondary N) is 1. The summed E-state index contributed by atoms with van der Waals surface area (Å²) in [5.74, 6) is -0.782. The van der Waals surface area contributed by atoms with E-state index in [-0.39, 0.29) is 17.6 Å². The van der Waals surface area contributed by atoms with E-state index in [0.29, 0.717) is 12.0 Å². The van der Waals surface area contributed by atoms with Crippen LogP contribution in [0.3, 0.4) is 0 Å². The Kier molecular flexibility index (Phi) is 4.60. The number of amides is 1. The highest BCUT2D eigenvalue weighted by Crippen LogP contribution is 2.26. The van der Waals surface area contributed by atoms with Gasteiger partial charge >= 0.3 is 0 Å². The molecule has 0 saturated heterocycles. The molecule has 1 aromatic rings. The number of carbonyl (C=O) groups is 1. The van der Waals surface area contributed by atoms with Crippen molar-refractivity contribution in [1.82, 2.24) is 0 Å². The zero-order chi connectivity index (χ0) is 13.0. The lowest BCUT2D eigenvalue weighted by Crippen LogP contribution is -2.19. The van der Waals surface area contributed by atoms with E-state index in [9.17, 15) is 14.3 Å². The van der Waals surface area contributed by atoms with Gasteiger partial charge in [0.2, 0.25) is 5.91 Å². The lowest BCUT2D eigenvalue weighted by Gasteiger charge is -2.17. The number of benzene rings is 1. The molecule has 94 valence electrons. The van der Waals surface area contributed by atoms with Crippen molar-refractivity contribution in [2.24, 2.45) is 5.73 Å². The van der Waals surface area contributed by atoms with Gasteiger partial charge < -0.3 is 16.2 Å². The number of rotatable bonds is 4. The van der Waals surface area contributed by atoms with Crippen LogP contribution < -0.4 is 11.1 Å². The third-order valence-electron chi connectivity index (χ3n) is 2.28. The molecule has 2 atom stereocenters. The molecule has 0 bridgehead atoms. The zero-order valence-electron chi connectivity index (χ0n) is 9.90. The number of aliphatic hydroxyl groups excluding tert-OH is 1. The highest BCUT2D eigenvalue weighted by Gasteiger charge is 2.15. The van der Waals surface area contributed by atoms with Crippen molar-refractivity contribution in [3.05, 3.63) is 29.6 Å². The van der Waals surface area contributed by atoms with Crippen LogP contribution in [0.2, 0.25) is 0 Å². The summed E-state index contributed by atoms with van der Waals surface area (Å²) in [6, 6.07) is 3.69. The number of carbonyl (C=O) groups excluding carboxylic acids is 1. The summed E-state index contributed by atoms with van der Waals surface area (Å²) in [5.41, 5.74) is 6.34. The second-order valence-corrected chi connectivity index (χ2v) is 4.14. The van der Waals surface area contributed by atoms with Crippen LogP contribution in [-0.4, -0.2) is 17.1 Å². The van der Waals surface area contributed by atoms with Crippen molar-refractivity contribution in [3.8, 4) is 0 Å². The molecule has 5 heteroatoms. The zero-order valence-corrected chi connectivity index (χ0v) is 9.90. The quantitative estimate of drug-likeness (QED) is 0.747. The molecule has 0 fully saturated rings. The van der Waals surface area contributed by atoms with Crippen LogP contribution in [0.5, 0.6) is 0 Å². The molecule has 1 rings (SSSR count). The first-order chi connectivity index (χ1) is 7.90. The molecule has 4 nitrogen and oxygen atoms in total. The predicted molar refractivity (Wildman–Crippen MR) is 63.9 cm³/mol. The summed E-state index contributed by atoms with van der Waals surface area (Å²) in [4.78, 5) is 11.0. The molecule has 0 radical (unpaired) electrons. The Morgan fingerprint density at radius 2 is 2.24 bits per heavy atom. The van der Waals surface area contributed by atoms with Gasteiger partial charge in [0.05, 0.1) is 6.10 Å². The normalized spacial score (nSPS) is 14.2. The fourth-order valence-corrected chi connectivity index (χ4v) is 1.60. The maximum absolute atomic E-state index is 13.1. The van der Waals surface area contributed by atoms with Gasteiger partial charge in [-0.25, -0.2) is 4.39 Å². The van der Waals surface area contributed by atoms with Crippen LogP contribution in [0.1, 0.15) is 31.9 Å². The minimum Gasteiger partial charge on any atom is -0.388 e. The monoisotopic (exact) mass is 240 g/mol. The predicted octanol–water partition coefficient (Wildman–Crippen LogP) is 1.55. The summed E-state index contributed by atoms with van der Waals surface area (Å²) in [7, 11) is 0. The summed E-state index contributed by atoms with van der Waals surface area (Å²) >= 11 is 0. The first kappa shape index (κ1) is 13.6. The fraction of sp³-hybridized carbons (Fsp3) is 0.417. The van der Waals surface area contributed by atoms with Gasteiger partial charge in [0, 0.05) is 24.2 Å². The molecule has 0 aliphatic rings. The molecule has 2 unspecified atom stereocenters. The third-order valence-corrected chi connectivity index (χ3v) is 2.28. The van der Waals surface area contributed by atoms with E-state index in [1.54, 1.807) is 6.92 Å². The standard InChI is InChI=1S/C12H17FN2O2/c1-7(14)5-12(17)10-4-3-9(13)6-11(10)15-8(2)16/h3-4,6-7,12,17H,5,14H2,1-2H3,(H,15,16). The van der Waals surface area contributed by atoms with Gasteiger partial charge in [-0.3, -0.25) is 4.79 Å². The third kappa shape index (κ3) is 4.13. The minimum absolute atomic E-state index is 0.180. The molecule has 4 N–H and O–H groups in total. The van der Waals surface area contributed by atoms with Crippen LogP contribution in [0.15, 0.2) is 18.2 Å². The molecule has 0 heterocycles. The Morgan fingerprint density at radius 1 is 1.59 bits per heavy atom. The van der Waals surface area contributed by atoms with Gasteiger partial charge in [0.15, 0.2) is 0 Å². The molecular formula is C12H17FN2O2. The minimum atomic E-state index is -0.822. The molecular weight excluding hydrogens is 223 g/mol. The first-order valence-electron chi connectivity index (χ1n) is 5.41.